The Kier molecular flexibility index (Phi) is 6.60. The fraction of sp³-hybridized carbons (Fsp3) is 0.320. The first-order chi connectivity index (χ1) is 14.7. The van der Waals surface area contributed by atoms with E-state index in [9.17, 15) is 9.18 Å². The summed E-state index contributed by atoms with van der Waals surface area (Å²) < 4.78 is 18.9. The van der Waals surface area contributed by atoms with Crippen LogP contribution >= 0.6 is 0 Å². The zero-order valence-corrected chi connectivity index (χ0v) is 17.0. The number of carbonyl (C=O) groups excluding carboxylic acids is 1. The summed E-state index contributed by atoms with van der Waals surface area (Å²) in [6.45, 7) is 3.37. The monoisotopic (exact) mass is 406 g/mol. The molecule has 4 nitrogen and oxygen atoms in total. The van der Waals surface area contributed by atoms with Gasteiger partial charge in [-0.3, -0.25) is 9.69 Å². The summed E-state index contributed by atoms with van der Waals surface area (Å²) in [6.07, 6.45) is 1.89. The molecule has 1 aliphatic rings. The molecule has 1 saturated heterocycles. The molecule has 30 heavy (non-hydrogen) atoms. The van der Waals surface area contributed by atoms with Gasteiger partial charge in [0.15, 0.2) is 0 Å². The third kappa shape index (κ3) is 5.36. The Hall–Kier alpha value is -2.92. The van der Waals surface area contributed by atoms with E-state index in [0.717, 1.165) is 49.2 Å². The van der Waals surface area contributed by atoms with Gasteiger partial charge < -0.3 is 10.1 Å². The Labute approximate surface area is 176 Å². The number of piperidine rings is 1. The maximum absolute atomic E-state index is 13.1. The summed E-state index contributed by atoms with van der Waals surface area (Å²) in [5.41, 5.74) is 1.07. The number of hydrogen-bond donors (Lipinski definition) is 1. The van der Waals surface area contributed by atoms with Crippen LogP contribution in [0.2, 0.25) is 0 Å². The standard InChI is InChI=1S/C25H27FN2O2/c26-23-10-7-19(8-11-23)17-28-14-3-6-22(18-28)25(29)27-13-15-30-24-12-9-20-4-1-2-5-21(20)16-24/h1-2,4-5,7-12,16,22H,3,6,13-15,17-18H2,(H,27,29)/t22-/m1/s1. The summed E-state index contributed by atoms with van der Waals surface area (Å²) in [5.74, 6) is 0.660. The van der Waals surface area contributed by atoms with E-state index < -0.39 is 0 Å². The Morgan fingerprint density at radius 2 is 1.87 bits per heavy atom. The molecule has 0 radical (unpaired) electrons. The Morgan fingerprint density at radius 3 is 2.70 bits per heavy atom. The maximum Gasteiger partial charge on any atom is 0.224 e. The van der Waals surface area contributed by atoms with E-state index in [1.54, 1.807) is 0 Å². The molecule has 1 heterocycles. The molecule has 5 heteroatoms. The second kappa shape index (κ2) is 9.72. The van der Waals surface area contributed by atoms with Crippen LogP contribution in [0.4, 0.5) is 4.39 Å². The maximum atomic E-state index is 13.1. The van der Waals surface area contributed by atoms with Crippen molar-refractivity contribution in [1.82, 2.24) is 10.2 Å². The van der Waals surface area contributed by atoms with Gasteiger partial charge >= 0.3 is 0 Å². The first-order valence-corrected chi connectivity index (χ1v) is 10.5. The molecule has 1 fully saturated rings. The Bertz CT molecular complexity index is 990. The smallest absolute Gasteiger partial charge is 0.224 e. The SMILES string of the molecule is O=C(NCCOc1ccc2ccccc2c1)[C@@H]1CCCN(Cc2ccc(F)cc2)C1. The quantitative estimate of drug-likeness (QED) is 0.592. The highest BCUT2D eigenvalue weighted by Gasteiger charge is 2.25. The number of amides is 1. The lowest BCUT2D eigenvalue weighted by Crippen LogP contribution is -2.43. The van der Waals surface area contributed by atoms with E-state index in [2.05, 4.69) is 22.3 Å². The van der Waals surface area contributed by atoms with Crippen LogP contribution in [0.5, 0.6) is 5.75 Å². The zero-order chi connectivity index (χ0) is 20.8. The molecule has 0 saturated carbocycles. The van der Waals surface area contributed by atoms with Gasteiger partial charge in [-0.25, -0.2) is 4.39 Å². The van der Waals surface area contributed by atoms with Gasteiger partial charge in [-0.2, -0.15) is 0 Å². The Morgan fingerprint density at radius 1 is 1.07 bits per heavy atom. The van der Waals surface area contributed by atoms with E-state index in [4.69, 9.17) is 4.74 Å². The summed E-state index contributed by atoms with van der Waals surface area (Å²) in [6, 6.07) is 20.8. The molecule has 0 bridgehead atoms. The van der Waals surface area contributed by atoms with Crippen LogP contribution in [0.1, 0.15) is 18.4 Å². The average molecular weight is 407 g/mol. The highest BCUT2D eigenvalue weighted by molar-refractivity contribution is 5.83. The first kappa shape index (κ1) is 20.4. The predicted octanol–water partition coefficient (Wildman–Crippen LogP) is 4.39. The molecule has 1 N–H and O–H groups in total. The van der Waals surface area contributed by atoms with Gasteiger partial charge in [-0.15, -0.1) is 0 Å². The summed E-state index contributed by atoms with van der Waals surface area (Å²) in [4.78, 5) is 14.9. The van der Waals surface area contributed by atoms with Crippen LogP contribution in [0.3, 0.4) is 0 Å². The molecular weight excluding hydrogens is 379 g/mol. The third-order valence-electron chi connectivity index (χ3n) is 5.59. The van der Waals surface area contributed by atoms with Crippen molar-refractivity contribution in [1.29, 1.82) is 0 Å². The van der Waals surface area contributed by atoms with Crippen molar-refractivity contribution in [3.05, 3.63) is 78.1 Å². The van der Waals surface area contributed by atoms with Crippen LogP contribution in [-0.2, 0) is 11.3 Å². The number of ether oxygens (including phenoxy) is 1. The van der Waals surface area contributed by atoms with Crippen LogP contribution in [0.15, 0.2) is 66.7 Å². The first-order valence-electron chi connectivity index (χ1n) is 10.5. The lowest BCUT2D eigenvalue weighted by molar-refractivity contribution is -0.126. The van der Waals surface area contributed by atoms with Crippen LogP contribution in [0, 0.1) is 11.7 Å². The minimum atomic E-state index is -0.222. The molecule has 3 aromatic rings. The average Bonchev–Trinajstić information content (AvgIpc) is 2.78. The summed E-state index contributed by atoms with van der Waals surface area (Å²) in [7, 11) is 0. The van der Waals surface area contributed by atoms with E-state index >= 15 is 0 Å². The molecule has 3 aromatic carbocycles. The third-order valence-corrected chi connectivity index (χ3v) is 5.59. The number of carbonyl (C=O) groups is 1. The summed E-state index contributed by atoms with van der Waals surface area (Å²) >= 11 is 0. The topological polar surface area (TPSA) is 41.6 Å². The van der Waals surface area contributed by atoms with Crippen LogP contribution < -0.4 is 10.1 Å². The molecule has 0 unspecified atom stereocenters. The van der Waals surface area contributed by atoms with Gasteiger partial charge in [-0.1, -0.05) is 42.5 Å². The van der Waals surface area contributed by atoms with Gasteiger partial charge in [0.1, 0.15) is 18.2 Å². The minimum absolute atomic E-state index is 0.0140. The van der Waals surface area contributed by atoms with Gasteiger partial charge in [0.25, 0.3) is 0 Å². The molecular formula is C25H27FN2O2. The lowest BCUT2D eigenvalue weighted by Gasteiger charge is -2.32. The molecule has 0 spiro atoms. The molecule has 1 aliphatic heterocycles. The van der Waals surface area contributed by atoms with E-state index in [1.807, 2.05) is 42.5 Å². The number of nitrogens with one attached hydrogen (secondary N) is 1. The van der Waals surface area contributed by atoms with Crippen molar-refractivity contribution in [3.8, 4) is 5.75 Å². The molecule has 0 aromatic heterocycles. The number of halogens is 1. The number of nitrogens with zero attached hydrogens (tertiary/aromatic N) is 1. The Balaban J connectivity index is 1.21. The summed E-state index contributed by atoms with van der Waals surface area (Å²) in [5, 5.41) is 5.33. The number of hydrogen-bond acceptors (Lipinski definition) is 3. The molecule has 1 atom stereocenters. The highest BCUT2D eigenvalue weighted by atomic mass is 19.1. The number of rotatable bonds is 7. The van der Waals surface area contributed by atoms with Crippen molar-refractivity contribution in [3.63, 3.8) is 0 Å². The lowest BCUT2D eigenvalue weighted by atomic mass is 9.96. The van der Waals surface area contributed by atoms with E-state index in [-0.39, 0.29) is 17.6 Å². The zero-order valence-electron chi connectivity index (χ0n) is 17.0. The van der Waals surface area contributed by atoms with Crippen LogP contribution in [-0.4, -0.2) is 37.0 Å². The van der Waals surface area contributed by atoms with Crippen molar-refractivity contribution in [2.45, 2.75) is 19.4 Å². The van der Waals surface area contributed by atoms with Gasteiger partial charge in [0, 0.05) is 13.1 Å². The van der Waals surface area contributed by atoms with E-state index in [1.165, 1.54) is 17.5 Å². The molecule has 1 amide bonds. The fourth-order valence-electron chi connectivity index (χ4n) is 4.01. The normalized spacial score (nSPS) is 17.0. The molecule has 156 valence electrons. The van der Waals surface area contributed by atoms with Gasteiger partial charge in [-0.05, 0) is 60.0 Å². The van der Waals surface area contributed by atoms with E-state index in [0.29, 0.717) is 13.2 Å². The second-order valence-corrected chi connectivity index (χ2v) is 7.85. The molecule has 0 aliphatic carbocycles. The largest absolute Gasteiger partial charge is 0.492 e. The van der Waals surface area contributed by atoms with Crippen molar-refractivity contribution in [2.24, 2.45) is 5.92 Å². The predicted molar refractivity (Wildman–Crippen MR) is 117 cm³/mol. The molecule has 4 rings (SSSR count). The minimum Gasteiger partial charge on any atom is -0.492 e. The van der Waals surface area contributed by atoms with Crippen molar-refractivity contribution in [2.75, 3.05) is 26.2 Å². The van der Waals surface area contributed by atoms with Crippen LogP contribution in [0.25, 0.3) is 10.8 Å². The van der Waals surface area contributed by atoms with Gasteiger partial charge in [0.05, 0.1) is 12.5 Å². The number of benzene rings is 3. The van der Waals surface area contributed by atoms with Crippen molar-refractivity contribution < 1.29 is 13.9 Å². The highest BCUT2D eigenvalue weighted by Crippen LogP contribution is 2.21. The fourth-order valence-corrected chi connectivity index (χ4v) is 4.01. The number of fused-ring (bicyclic) bond motifs is 1. The second-order valence-electron chi connectivity index (χ2n) is 7.85. The number of likely N-dealkylation sites (tertiary alicyclic amines) is 1. The van der Waals surface area contributed by atoms with Gasteiger partial charge in [0.2, 0.25) is 5.91 Å². The van der Waals surface area contributed by atoms with Crippen molar-refractivity contribution >= 4 is 16.7 Å².